The summed E-state index contributed by atoms with van der Waals surface area (Å²) in [5, 5.41) is 5.21. The van der Waals surface area contributed by atoms with E-state index in [1.54, 1.807) is 5.01 Å². The van der Waals surface area contributed by atoms with Gasteiger partial charge in [-0.25, -0.2) is 9.80 Å². The molecule has 3 heterocycles. The van der Waals surface area contributed by atoms with Gasteiger partial charge in [0, 0.05) is 51.2 Å². The molecule has 0 aromatic carbocycles. The van der Waals surface area contributed by atoms with Crippen molar-refractivity contribution in [3.8, 4) is 0 Å². The van der Waals surface area contributed by atoms with Crippen molar-refractivity contribution in [2.45, 2.75) is 76.2 Å². The van der Waals surface area contributed by atoms with Crippen molar-refractivity contribution in [2.24, 2.45) is 5.84 Å². The van der Waals surface area contributed by atoms with Crippen LogP contribution in [-0.2, 0) is 14.3 Å². The van der Waals surface area contributed by atoms with Crippen LogP contribution in [0.25, 0.3) is 0 Å². The van der Waals surface area contributed by atoms with E-state index in [1.165, 1.54) is 0 Å². The Kier molecular flexibility index (Phi) is 7.34. The molecule has 0 bridgehead atoms. The molecule has 3 fully saturated rings. The van der Waals surface area contributed by atoms with Gasteiger partial charge in [0.2, 0.25) is 0 Å². The van der Waals surface area contributed by atoms with Gasteiger partial charge >= 0.3 is 5.97 Å². The highest BCUT2D eigenvalue weighted by atomic mass is 35.5. The molecule has 3 N–H and O–H groups in total. The summed E-state index contributed by atoms with van der Waals surface area (Å²) < 4.78 is 11.7. The van der Waals surface area contributed by atoms with E-state index in [-0.39, 0.29) is 12.0 Å². The SMILES string of the molecule is CCC1(N2CCNCC2)C(C)(C(=O)OC(C)(C)C)N(N)C(C)C1(CCl)N1CCOCC1. The number of carbonyl (C=O) groups excluding carboxylic acids is 1. The van der Waals surface area contributed by atoms with Crippen LogP contribution in [0.15, 0.2) is 0 Å². The van der Waals surface area contributed by atoms with E-state index >= 15 is 0 Å². The zero-order chi connectivity index (χ0) is 23.1. The average molecular weight is 460 g/mol. The van der Waals surface area contributed by atoms with E-state index in [1.807, 2.05) is 27.7 Å². The lowest BCUT2D eigenvalue weighted by Crippen LogP contribution is -2.81. The first-order chi connectivity index (χ1) is 14.5. The highest BCUT2D eigenvalue weighted by molar-refractivity contribution is 6.19. The first kappa shape index (κ1) is 25.1. The minimum absolute atomic E-state index is 0.157. The van der Waals surface area contributed by atoms with Gasteiger partial charge in [-0.05, 0) is 41.0 Å². The number of piperazine rings is 1. The Morgan fingerprint density at radius 2 is 1.77 bits per heavy atom. The normalized spacial score (nSPS) is 39.0. The standard InChI is InChI=1S/C22H42ClN5O3/c1-7-22(27-10-8-25-9-11-27)20(6,18(29)31-19(3,4)5)28(24)17(2)21(22,16-23)26-12-14-30-15-13-26/h17,25H,7-16,24H2,1-6H3. The molecule has 0 aromatic heterocycles. The molecule has 3 rings (SSSR count). The van der Waals surface area contributed by atoms with Crippen molar-refractivity contribution in [1.29, 1.82) is 0 Å². The minimum Gasteiger partial charge on any atom is -0.459 e. The van der Waals surface area contributed by atoms with Crippen molar-refractivity contribution in [1.82, 2.24) is 20.1 Å². The van der Waals surface area contributed by atoms with Gasteiger partial charge < -0.3 is 14.8 Å². The fourth-order valence-corrected chi connectivity index (χ4v) is 7.16. The predicted molar refractivity (Wildman–Crippen MR) is 123 cm³/mol. The molecule has 0 aromatic rings. The molecule has 180 valence electrons. The lowest BCUT2D eigenvalue weighted by atomic mass is 9.63. The first-order valence-corrected chi connectivity index (χ1v) is 12.2. The van der Waals surface area contributed by atoms with Gasteiger partial charge in [-0.1, -0.05) is 6.92 Å². The van der Waals surface area contributed by atoms with Crippen LogP contribution in [0.2, 0.25) is 0 Å². The molecule has 3 aliphatic heterocycles. The second-order valence-electron chi connectivity index (χ2n) is 10.3. The molecule has 4 atom stereocenters. The van der Waals surface area contributed by atoms with Crippen LogP contribution in [0.1, 0.15) is 48.0 Å². The third-order valence-corrected chi connectivity index (χ3v) is 8.30. The Bertz CT molecular complexity index is 650. The molecule has 8 nitrogen and oxygen atoms in total. The van der Waals surface area contributed by atoms with E-state index in [2.05, 4.69) is 29.0 Å². The molecular formula is C22H42ClN5O3. The monoisotopic (exact) mass is 459 g/mol. The summed E-state index contributed by atoms with van der Waals surface area (Å²) in [5.41, 5.74) is -2.85. The van der Waals surface area contributed by atoms with Gasteiger partial charge in [0.05, 0.1) is 24.3 Å². The molecule has 0 saturated carbocycles. The minimum atomic E-state index is -1.07. The lowest BCUT2D eigenvalue weighted by molar-refractivity contribution is -0.181. The summed E-state index contributed by atoms with van der Waals surface area (Å²) >= 11 is 6.95. The smallest absolute Gasteiger partial charge is 0.330 e. The van der Waals surface area contributed by atoms with Crippen molar-refractivity contribution in [2.75, 3.05) is 58.4 Å². The van der Waals surface area contributed by atoms with Crippen LogP contribution in [0.4, 0.5) is 0 Å². The summed E-state index contributed by atoms with van der Waals surface area (Å²) in [6.07, 6.45) is 0.727. The highest BCUT2D eigenvalue weighted by Gasteiger charge is 2.78. The number of rotatable bonds is 5. The van der Waals surface area contributed by atoms with Crippen molar-refractivity contribution >= 4 is 17.6 Å². The van der Waals surface area contributed by atoms with E-state index in [4.69, 9.17) is 26.9 Å². The van der Waals surface area contributed by atoms with Gasteiger partial charge in [0.15, 0.2) is 0 Å². The Balaban J connectivity index is 2.25. The predicted octanol–water partition coefficient (Wildman–Crippen LogP) is 1.03. The van der Waals surface area contributed by atoms with Crippen molar-refractivity contribution in [3.63, 3.8) is 0 Å². The molecule has 9 heteroatoms. The van der Waals surface area contributed by atoms with Gasteiger partial charge in [0.25, 0.3) is 0 Å². The van der Waals surface area contributed by atoms with E-state index in [9.17, 15) is 4.79 Å². The number of morpholine rings is 1. The number of hydrogen-bond donors (Lipinski definition) is 2. The number of nitrogens with two attached hydrogens (primary N) is 1. The molecule has 0 radical (unpaired) electrons. The number of hydrogen-bond acceptors (Lipinski definition) is 8. The maximum atomic E-state index is 14.0. The van der Waals surface area contributed by atoms with E-state index < -0.39 is 22.2 Å². The Morgan fingerprint density at radius 1 is 1.19 bits per heavy atom. The zero-order valence-corrected chi connectivity index (χ0v) is 20.9. The quantitative estimate of drug-likeness (QED) is 0.358. The number of nitrogens with zero attached hydrogens (tertiary/aromatic N) is 3. The Morgan fingerprint density at radius 3 is 2.26 bits per heavy atom. The molecule has 0 amide bonds. The topological polar surface area (TPSA) is 83.3 Å². The largest absolute Gasteiger partial charge is 0.459 e. The molecule has 0 spiro atoms. The average Bonchev–Trinajstić information content (AvgIpc) is 2.91. The van der Waals surface area contributed by atoms with Crippen LogP contribution in [-0.4, -0.2) is 107 Å². The van der Waals surface area contributed by atoms with Crippen LogP contribution in [0.5, 0.6) is 0 Å². The number of nitrogens with one attached hydrogen (secondary N) is 1. The number of ether oxygens (including phenoxy) is 2. The van der Waals surface area contributed by atoms with Crippen molar-refractivity contribution < 1.29 is 14.3 Å². The summed E-state index contributed by atoms with van der Waals surface area (Å²) in [6, 6.07) is -0.157. The van der Waals surface area contributed by atoms with Crippen LogP contribution in [0.3, 0.4) is 0 Å². The molecular weight excluding hydrogens is 418 g/mol. The maximum absolute atomic E-state index is 14.0. The summed E-state index contributed by atoms with van der Waals surface area (Å²) in [5.74, 6) is 6.96. The number of esters is 1. The third kappa shape index (κ3) is 3.63. The van der Waals surface area contributed by atoms with Gasteiger partial charge in [-0.3, -0.25) is 15.6 Å². The number of halogens is 1. The fraction of sp³-hybridized carbons (Fsp3) is 0.955. The second-order valence-corrected chi connectivity index (χ2v) is 10.5. The maximum Gasteiger partial charge on any atom is 0.330 e. The number of carbonyl (C=O) groups is 1. The third-order valence-electron chi connectivity index (χ3n) is 7.89. The van der Waals surface area contributed by atoms with E-state index in [0.717, 1.165) is 45.7 Å². The molecule has 3 saturated heterocycles. The van der Waals surface area contributed by atoms with Crippen molar-refractivity contribution in [3.05, 3.63) is 0 Å². The summed E-state index contributed by atoms with van der Waals surface area (Å²) in [7, 11) is 0. The zero-order valence-electron chi connectivity index (χ0n) is 20.2. The molecule has 31 heavy (non-hydrogen) atoms. The van der Waals surface area contributed by atoms with Crippen LogP contribution >= 0.6 is 11.6 Å². The number of alkyl halides is 1. The molecule has 4 unspecified atom stereocenters. The van der Waals surface area contributed by atoms with Crippen LogP contribution in [0, 0.1) is 0 Å². The highest BCUT2D eigenvalue weighted by Crippen LogP contribution is 2.56. The van der Waals surface area contributed by atoms with Gasteiger partial charge in [-0.2, -0.15) is 0 Å². The summed E-state index contributed by atoms with van der Waals surface area (Å²) in [4.78, 5) is 18.9. The molecule has 3 aliphatic rings. The van der Waals surface area contributed by atoms with Gasteiger partial charge in [0.1, 0.15) is 11.1 Å². The fourth-order valence-electron chi connectivity index (χ4n) is 6.55. The lowest BCUT2D eigenvalue weighted by Gasteiger charge is -2.61. The Labute approximate surface area is 192 Å². The van der Waals surface area contributed by atoms with Crippen LogP contribution < -0.4 is 11.2 Å². The summed E-state index contributed by atoms with van der Waals surface area (Å²) in [6.45, 7) is 18.2. The first-order valence-electron chi connectivity index (χ1n) is 11.6. The second kappa shape index (κ2) is 9.05. The van der Waals surface area contributed by atoms with Gasteiger partial charge in [-0.15, -0.1) is 11.6 Å². The Hall–Kier alpha value is -0.480. The number of hydrazine groups is 1. The van der Waals surface area contributed by atoms with E-state index in [0.29, 0.717) is 19.1 Å². The molecule has 0 aliphatic carbocycles.